The maximum Gasteiger partial charge on any atom is 0.251 e. The average Bonchev–Trinajstić information content (AvgIpc) is 3.35. The number of hydrogen-bond donors (Lipinski definition) is 1. The summed E-state index contributed by atoms with van der Waals surface area (Å²) in [6, 6.07) is 22.1. The summed E-state index contributed by atoms with van der Waals surface area (Å²) in [7, 11) is 3.12. The van der Waals surface area contributed by atoms with Gasteiger partial charge in [0, 0.05) is 11.1 Å². The third-order valence-corrected chi connectivity index (χ3v) is 4.87. The number of ether oxygens (including phenoxy) is 3. The zero-order valence-corrected chi connectivity index (χ0v) is 18.3. The highest BCUT2D eigenvalue weighted by atomic mass is 16.5. The topological polar surface area (TPSA) is 95.7 Å². The van der Waals surface area contributed by atoms with Gasteiger partial charge in [-0.05, 0) is 48.0 Å². The van der Waals surface area contributed by atoms with Crippen LogP contribution in [0.15, 0.2) is 77.3 Å². The molecule has 0 aliphatic rings. The molecular weight excluding hydrogens is 422 g/mol. The van der Waals surface area contributed by atoms with Crippen LogP contribution in [-0.2, 0) is 13.2 Å². The summed E-state index contributed by atoms with van der Waals surface area (Å²) in [5.74, 6) is 2.28. The van der Waals surface area contributed by atoms with E-state index in [4.69, 9.17) is 18.7 Å². The molecule has 0 saturated carbocycles. The van der Waals surface area contributed by atoms with Crippen molar-refractivity contribution in [3.05, 3.63) is 89.8 Å². The molecule has 0 unspecified atom stereocenters. The van der Waals surface area contributed by atoms with Crippen LogP contribution in [0.3, 0.4) is 0 Å². The van der Waals surface area contributed by atoms with Crippen LogP contribution in [0.5, 0.6) is 17.2 Å². The smallest absolute Gasteiger partial charge is 0.251 e. The quantitative estimate of drug-likeness (QED) is 0.411. The van der Waals surface area contributed by atoms with Crippen LogP contribution >= 0.6 is 0 Å². The van der Waals surface area contributed by atoms with Gasteiger partial charge in [-0.25, -0.2) is 0 Å². The van der Waals surface area contributed by atoms with E-state index in [-0.39, 0.29) is 18.3 Å². The number of benzene rings is 3. The summed E-state index contributed by atoms with van der Waals surface area (Å²) in [4.78, 5) is 16.8. The predicted molar refractivity (Wildman–Crippen MR) is 121 cm³/mol. The van der Waals surface area contributed by atoms with Crippen LogP contribution in [-0.4, -0.2) is 30.3 Å². The van der Waals surface area contributed by atoms with Crippen LogP contribution in [0.4, 0.5) is 0 Å². The highest BCUT2D eigenvalue weighted by Gasteiger charge is 2.13. The minimum atomic E-state index is -0.254. The van der Waals surface area contributed by atoms with E-state index in [1.54, 1.807) is 56.7 Å². The lowest BCUT2D eigenvalue weighted by atomic mass is 10.2. The lowest BCUT2D eigenvalue weighted by Crippen LogP contribution is -2.22. The van der Waals surface area contributed by atoms with Crippen LogP contribution in [0.1, 0.15) is 21.8 Å². The van der Waals surface area contributed by atoms with Gasteiger partial charge in [-0.1, -0.05) is 35.5 Å². The van der Waals surface area contributed by atoms with Gasteiger partial charge in [0.15, 0.2) is 11.5 Å². The van der Waals surface area contributed by atoms with Gasteiger partial charge < -0.3 is 24.1 Å². The standard InChI is InChI=1S/C25H23N3O5/c1-30-21-13-10-19(14-22(21)31-2)24-27-23(33-28-24)15-26-25(29)18-8-11-20(12-9-18)32-16-17-6-4-3-5-7-17/h3-14H,15-16H2,1-2H3,(H,26,29). The van der Waals surface area contributed by atoms with Crippen molar-refractivity contribution in [2.24, 2.45) is 0 Å². The average molecular weight is 445 g/mol. The van der Waals surface area contributed by atoms with Crippen LogP contribution in [0.25, 0.3) is 11.4 Å². The van der Waals surface area contributed by atoms with Crippen molar-refractivity contribution in [3.63, 3.8) is 0 Å². The fraction of sp³-hybridized carbons (Fsp3) is 0.160. The Hall–Kier alpha value is -4.33. The Labute approximate surface area is 191 Å². The normalized spacial score (nSPS) is 10.5. The third kappa shape index (κ3) is 5.48. The van der Waals surface area contributed by atoms with Crippen molar-refractivity contribution in [1.29, 1.82) is 0 Å². The Morgan fingerprint density at radius 2 is 1.70 bits per heavy atom. The van der Waals surface area contributed by atoms with Crippen molar-refractivity contribution in [3.8, 4) is 28.6 Å². The van der Waals surface area contributed by atoms with Gasteiger partial charge in [0.2, 0.25) is 11.7 Å². The van der Waals surface area contributed by atoms with Gasteiger partial charge in [0.25, 0.3) is 5.91 Å². The maximum atomic E-state index is 12.5. The SMILES string of the molecule is COc1ccc(-c2noc(CNC(=O)c3ccc(OCc4ccccc4)cc3)n2)cc1OC. The molecule has 168 valence electrons. The molecule has 33 heavy (non-hydrogen) atoms. The Balaban J connectivity index is 1.32. The van der Waals surface area contributed by atoms with Crippen molar-refractivity contribution in [1.82, 2.24) is 15.5 Å². The van der Waals surface area contributed by atoms with E-state index < -0.39 is 0 Å². The van der Waals surface area contributed by atoms with E-state index in [0.29, 0.717) is 40.8 Å². The summed E-state index contributed by atoms with van der Waals surface area (Å²) in [5, 5.41) is 6.75. The van der Waals surface area contributed by atoms with E-state index in [9.17, 15) is 4.79 Å². The predicted octanol–water partition coefficient (Wildman–Crippen LogP) is 4.26. The number of methoxy groups -OCH3 is 2. The molecule has 4 aromatic rings. The first-order valence-electron chi connectivity index (χ1n) is 10.3. The Morgan fingerprint density at radius 3 is 2.42 bits per heavy atom. The molecule has 0 bridgehead atoms. The molecule has 8 heteroatoms. The largest absolute Gasteiger partial charge is 0.493 e. The number of carbonyl (C=O) groups is 1. The van der Waals surface area contributed by atoms with Gasteiger partial charge >= 0.3 is 0 Å². The molecule has 0 atom stereocenters. The third-order valence-electron chi connectivity index (χ3n) is 4.87. The summed E-state index contributed by atoms with van der Waals surface area (Å²) < 4.78 is 21.5. The number of nitrogens with one attached hydrogen (secondary N) is 1. The van der Waals surface area contributed by atoms with Crippen LogP contribution in [0, 0.1) is 0 Å². The number of aromatic nitrogens is 2. The van der Waals surface area contributed by atoms with Crippen LogP contribution in [0.2, 0.25) is 0 Å². The molecule has 0 radical (unpaired) electrons. The zero-order chi connectivity index (χ0) is 23.0. The second kappa shape index (κ2) is 10.3. The molecule has 3 aromatic carbocycles. The van der Waals surface area contributed by atoms with Crippen molar-refractivity contribution in [2.75, 3.05) is 14.2 Å². The van der Waals surface area contributed by atoms with E-state index in [0.717, 1.165) is 5.56 Å². The Morgan fingerprint density at radius 1 is 0.939 bits per heavy atom. The molecule has 1 aromatic heterocycles. The molecule has 0 spiro atoms. The second-order valence-electron chi connectivity index (χ2n) is 7.06. The van der Waals surface area contributed by atoms with E-state index in [1.807, 2.05) is 30.3 Å². The first-order chi connectivity index (χ1) is 16.2. The minimum absolute atomic E-state index is 0.103. The number of rotatable bonds is 9. The Bertz CT molecular complexity index is 1210. The van der Waals surface area contributed by atoms with Gasteiger partial charge in [-0.3, -0.25) is 4.79 Å². The summed E-state index contributed by atoms with van der Waals surface area (Å²) in [6.07, 6.45) is 0. The summed E-state index contributed by atoms with van der Waals surface area (Å²) in [5.41, 5.74) is 2.29. The molecule has 0 saturated heterocycles. The molecule has 8 nitrogen and oxygen atoms in total. The number of carbonyl (C=O) groups excluding carboxylic acids is 1. The second-order valence-corrected chi connectivity index (χ2v) is 7.06. The summed E-state index contributed by atoms with van der Waals surface area (Å²) in [6.45, 7) is 0.567. The fourth-order valence-electron chi connectivity index (χ4n) is 3.12. The van der Waals surface area contributed by atoms with Gasteiger partial charge in [0.05, 0.1) is 20.8 Å². The van der Waals surface area contributed by atoms with Crippen molar-refractivity contribution in [2.45, 2.75) is 13.2 Å². The highest BCUT2D eigenvalue weighted by molar-refractivity contribution is 5.94. The van der Waals surface area contributed by atoms with Crippen LogP contribution < -0.4 is 19.5 Å². The zero-order valence-electron chi connectivity index (χ0n) is 18.3. The molecule has 1 N–H and O–H groups in total. The van der Waals surface area contributed by atoms with Gasteiger partial charge in [-0.2, -0.15) is 4.98 Å². The molecule has 1 heterocycles. The molecule has 0 fully saturated rings. The lowest BCUT2D eigenvalue weighted by Gasteiger charge is -2.07. The fourth-order valence-corrected chi connectivity index (χ4v) is 3.12. The first-order valence-corrected chi connectivity index (χ1v) is 10.3. The molecular formula is C25H23N3O5. The van der Waals surface area contributed by atoms with E-state index in [1.165, 1.54) is 0 Å². The van der Waals surface area contributed by atoms with Gasteiger partial charge in [0.1, 0.15) is 12.4 Å². The Kier molecular flexibility index (Phi) is 6.84. The monoisotopic (exact) mass is 445 g/mol. The van der Waals surface area contributed by atoms with E-state index in [2.05, 4.69) is 15.5 Å². The number of amides is 1. The highest BCUT2D eigenvalue weighted by Crippen LogP contribution is 2.31. The van der Waals surface area contributed by atoms with Crippen molar-refractivity contribution >= 4 is 5.91 Å². The molecule has 1 amide bonds. The van der Waals surface area contributed by atoms with Crippen molar-refractivity contribution < 1.29 is 23.5 Å². The number of nitrogens with zero attached hydrogens (tertiary/aromatic N) is 2. The minimum Gasteiger partial charge on any atom is -0.493 e. The first kappa shape index (κ1) is 21.9. The van der Waals surface area contributed by atoms with E-state index >= 15 is 0 Å². The molecule has 4 rings (SSSR count). The van der Waals surface area contributed by atoms with Gasteiger partial charge in [-0.15, -0.1) is 0 Å². The number of hydrogen-bond acceptors (Lipinski definition) is 7. The molecule has 0 aliphatic heterocycles. The lowest BCUT2D eigenvalue weighted by molar-refractivity contribution is 0.0946. The molecule has 0 aliphatic carbocycles. The summed E-state index contributed by atoms with van der Waals surface area (Å²) >= 11 is 0. The maximum absolute atomic E-state index is 12.5.